The molecule has 6 heteroatoms. The molecule has 1 atom stereocenters. The number of halogens is 1. The third-order valence-corrected chi connectivity index (χ3v) is 7.58. The summed E-state index contributed by atoms with van der Waals surface area (Å²) in [6.45, 7) is 2.24. The minimum absolute atomic E-state index is 0.230. The third kappa shape index (κ3) is 3.24. The van der Waals surface area contributed by atoms with E-state index in [-0.39, 0.29) is 4.90 Å². The molecule has 1 aliphatic carbocycles. The van der Waals surface area contributed by atoms with Crippen molar-refractivity contribution in [3.05, 3.63) is 70.4 Å². The van der Waals surface area contributed by atoms with Gasteiger partial charge in [0.25, 0.3) is 10.0 Å². The van der Waals surface area contributed by atoms with Crippen LogP contribution >= 0.6 is 15.9 Å². The first-order chi connectivity index (χ1) is 13.9. The zero-order chi connectivity index (χ0) is 20.2. The van der Waals surface area contributed by atoms with Crippen LogP contribution in [0.1, 0.15) is 24.7 Å². The van der Waals surface area contributed by atoms with E-state index in [1.54, 1.807) is 24.3 Å². The standard InChI is InChI=1S/C23H20BrNO3S/c1-14-6-11-18-20-13-21(25-29(26,27)16-9-7-15(24)8-10-16)17-4-2-3-5-19(17)23(20)28-22(18)12-14/h2-5,7-10,13-14,25H,6,11-12H2,1H3/t14-/m1/s1. The molecule has 1 heterocycles. The Labute approximate surface area is 178 Å². The van der Waals surface area contributed by atoms with Crippen molar-refractivity contribution in [1.29, 1.82) is 0 Å². The van der Waals surface area contributed by atoms with E-state index in [9.17, 15) is 8.42 Å². The van der Waals surface area contributed by atoms with Crippen molar-refractivity contribution >= 4 is 53.4 Å². The van der Waals surface area contributed by atoms with Crippen molar-refractivity contribution in [3.8, 4) is 0 Å². The molecule has 0 aliphatic heterocycles. The van der Waals surface area contributed by atoms with Crippen molar-refractivity contribution < 1.29 is 12.8 Å². The Morgan fingerprint density at radius 1 is 1.03 bits per heavy atom. The van der Waals surface area contributed by atoms with Gasteiger partial charge in [0.1, 0.15) is 11.3 Å². The van der Waals surface area contributed by atoms with E-state index in [2.05, 4.69) is 27.6 Å². The Morgan fingerprint density at radius 3 is 2.52 bits per heavy atom. The molecule has 0 bridgehead atoms. The summed E-state index contributed by atoms with van der Waals surface area (Å²) in [5.41, 5.74) is 2.65. The lowest BCUT2D eigenvalue weighted by atomic mass is 9.88. The van der Waals surface area contributed by atoms with Crippen LogP contribution in [-0.4, -0.2) is 8.42 Å². The molecule has 0 unspecified atom stereocenters. The van der Waals surface area contributed by atoms with Crippen molar-refractivity contribution in [2.24, 2.45) is 5.92 Å². The molecule has 0 saturated heterocycles. The van der Waals surface area contributed by atoms with Gasteiger partial charge in [0, 0.05) is 32.6 Å². The van der Waals surface area contributed by atoms with Crippen LogP contribution in [0.2, 0.25) is 0 Å². The number of hydrogen-bond donors (Lipinski definition) is 1. The van der Waals surface area contributed by atoms with E-state index < -0.39 is 10.0 Å². The maximum absolute atomic E-state index is 13.0. The first-order valence-corrected chi connectivity index (χ1v) is 11.9. The average Bonchev–Trinajstić information content (AvgIpc) is 3.06. The Kier molecular flexibility index (Phi) is 4.44. The number of anilines is 1. The number of aryl methyl sites for hydroxylation is 1. The highest BCUT2D eigenvalue weighted by Gasteiger charge is 2.25. The fraction of sp³-hybridized carbons (Fsp3) is 0.217. The van der Waals surface area contributed by atoms with Crippen molar-refractivity contribution in [1.82, 2.24) is 0 Å². The Morgan fingerprint density at radius 2 is 1.76 bits per heavy atom. The van der Waals surface area contributed by atoms with Gasteiger partial charge in [-0.2, -0.15) is 0 Å². The first kappa shape index (κ1) is 18.7. The number of hydrogen-bond acceptors (Lipinski definition) is 3. The molecule has 0 fully saturated rings. The monoisotopic (exact) mass is 469 g/mol. The zero-order valence-electron chi connectivity index (χ0n) is 15.9. The summed E-state index contributed by atoms with van der Waals surface area (Å²) < 4.78 is 35.9. The minimum atomic E-state index is -3.70. The van der Waals surface area contributed by atoms with Crippen LogP contribution in [0.15, 0.2) is 68.4 Å². The SMILES string of the molecule is C[C@@H]1CCc2c(oc3c2cc(NS(=O)(=O)c2ccc(Br)cc2)c2ccccc23)C1. The molecule has 0 radical (unpaired) electrons. The normalized spacial score (nSPS) is 16.8. The van der Waals surface area contributed by atoms with Gasteiger partial charge in [0.05, 0.1) is 10.6 Å². The second-order valence-electron chi connectivity index (χ2n) is 7.76. The molecule has 0 saturated carbocycles. The Balaban J connectivity index is 1.69. The predicted molar refractivity (Wildman–Crippen MR) is 120 cm³/mol. The van der Waals surface area contributed by atoms with E-state index in [4.69, 9.17) is 4.42 Å². The van der Waals surface area contributed by atoms with Gasteiger partial charge >= 0.3 is 0 Å². The van der Waals surface area contributed by atoms with Crippen LogP contribution in [0.25, 0.3) is 21.7 Å². The van der Waals surface area contributed by atoms with Crippen LogP contribution < -0.4 is 4.72 Å². The quantitative estimate of drug-likeness (QED) is 0.384. The number of fused-ring (bicyclic) bond motifs is 5. The maximum atomic E-state index is 13.0. The van der Waals surface area contributed by atoms with E-state index in [0.29, 0.717) is 11.6 Å². The van der Waals surface area contributed by atoms with E-state index in [1.165, 1.54) is 5.56 Å². The first-order valence-electron chi connectivity index (χ1n) is 9.67. The van der Waals surface area contributed by atoms with Crippen LogP contribution in [0, 0.1) is 5.92 Å². The van der Waals surface area contributed by atoms with E-state index in [0.717, 1.165) is 51.2 Å². The van der Waals surface area contributed by atoms with Gasteiger partial charge in [-0.05, 0) is 49.1 Å². The predicted octanol–water partition coefficient (Wildman–Crippen LogP) is 6.27. The summed E-state index contributed by atoms with van der Waals surface area (Å²) in [7, 11) is -3.70. The number of rotatable bonds is 3. The third-order valence-electron chi connectivity index (χ3n) is 5.67. The smallest absolute Gasteiger partial charge is 0.261 e. The second-order valence-corrected chi connectivity index (χ2v) is 10.4. The lowest BCUT2D eigenvalue weighted by Gasteiger charge is -2.16. The number of benzene rings is 3. The summed E-state index contributed by atoms with van der Waals surface area (Å²) in [6, 6.07) is 16.4. The summed E-state index contributed by atoms with van der Waals surface area (Å²) in [4.78, 5) is 0.230. The molecule has 148 valence electrons. The average molecular weight is 470 g/mol. The maximum Gasteiger partial charge on any atom is 0.261 e. The Hall–Kier alpha value is -2.31. The van der Waals surface area contributed by atoms with Crippen LogP contribution in [0.3, 0.4) is 0 Å². The highest BCUT2D eigenvalue weighted by atomic mass is 79.9. The molecule has 1 aliphatic rings. The van der Waals surface area contributed by atoms with Crippen LogP contribution in [0.4, 0.5) is 5.69 Å². The summed E-state index contributed by atoms with van der Waals surface area (Å²) in [5, 5.41) is 2.78. The molecule has 0 amide bonds. The molecular weight excluding hydrogens is 450 g/mol. The summed E-state index contributed by atoms with van der Waals surface area (Å²) in [6.07, 6.45) is 3.01. The summed E-state index contributed by atoms with van der Waals surface area (Å²) in [5.74, 6) is 1.64. The summed E-state index contributed by atoms with van der Waals surface area (Å²) >= 11 is 3.35. The van der Waals surface area contributed by atoms with Gasteiger partial charge < -0.3 is 4.42 Å². The van der Waals surface area contributed by atoms with Crippen LogP contribution in [0.5, 0.6) is 0 Å². The molecule has 5 rings (SSSR count). The molecule has 4 aromatic rings. The molecule has 3 aromatic carbocycles. The fourth-order valence-corrected chi connectivity index (χ4v) is 5.50. The van der Waals surface area contributed by atoms with Gasteiger partial charge in [-0.3, -0.25) is 4.72 Å². The highest BCUT2D eigenvalue weighted by Crippen LogP contribution is 2.40. The van der Waals surface area contributed by atoms with Gasteiger partial charge in [-0.25, -0.2) is 8.42 Å². The van der Waals surface area contributed by atoms with Crippen molar-refractivity contribution in [3.63, 3.8) is 0 Å². The van der Waals surface area contributed by atoms with Gasteiger partial charge in [0.2, 0.25) is 0 Å². The second kappa shape index (κ2) is 6.89. The highest BCUT2D eigenvalue weighted by molar-refractivity contribution is 9.10. The lowest BCUT2D eigenvalue weighted by Crippen LogP contribution is -2.13. The molecule has 4 nitrogen and oxygen atoms in total. The largest absolute Gasteiger partial charge is 0.460 e. The van der Waals surface area contributed by atoms with Crippen molar-refractivity contribution in [2.45, 2.75) is 31.1 Å². The van der Waals surface area contributed by atoms with E-state index >= 15 is 0 Å². The number of nitrogens with one attached hydrogen (secondary N) is 1. The van der Waals surface area contributed by atoms with Gasteiger partial charge in [0.15, 0.2) is 0 Å². The lowest BCUT2D eigenvalue weighted by molar-refractivity contribution is 0.427. The van der Waals surface area contributed by atoms with E-state index in [1.807, 2.05) is 30.3 Å². The number of furan rings is 1. The molecule has 29 heavy (non-hydrogen) atoms. The number of sulfonamides is 1. The fourth-order valence-electron chi connectivity index (χ4n) is 4.17. The zero-order valence-corrected chi connectivity index (χ0v) is 18.3. The Bertz CT molecular complexity index is 1340. The molecule has 0 spiro atoms. The molecule has 1 N–H and O–H groups in total. The topological polar surface area (TPSA) is 59.3 Å². The van der Waals surface area contributed by atoms with Gasteiger partial charge in [-0.15, -0.1) is 0 Å². The molecular formula is C23H20BrNO3S. The van der Waals surface area contributed by atoms with Crippen LogP contribution in [-0.2, 0) is 22.9 Å². The van der Waals surface area contributed by atoms with Crippen molar-refractivity contribution in [2.75, 3.05) is 4.72 Å². The molecule has 1 aromatic heterocycles. The minimum Gasteiger partial charge on any atom is -0.460 e. The van der Waals surface area contributed by atoms with Gasteiger partial charge in [-0.1, -0.05) is 47.1 Å².